The van der Waals surface area contributed by atoms with Crippen molar-refractivity contribution < 1.29 is 4.39 Å². The van der Waals surface area contributed by atoms with E-state index in [1.807, 2.05) is 0 Å². The zero-order chi connectivity index (χ0) is 14.4. The van der Waals surface area contributed by atoms with Crippen LogP contribution < -0.4 is 10.7 Å². The van der Waals surface area contributed by atoms with Gasteiger partial charge in [0.05, 0.1) is 6.21 Å². The Balaban J connectivity index is 1.80. The van der Waals surface area contributed by atoms with Gasteiger partial charge in [-0.1, -0.05) is 31.9 Å². The molecule has 1 aliphatic rings. The molecule has 20 heavy (non-hydrogen) atoms. The van der Waals surface area contributed by atoms with E-state index in [2.05, 4.69) is 22.8 Å². The summed E-state index contributed by atoms with van der Waals surface area (Å²) in [6.07, 6.45) is 6.50. The molecule has 0 spiro atoms. The van der Waals surface area contributed by atoms with E-state index in [0.717, 1.165) is 6.42 Å². The lowest BCUT2D eigenvalue weighted by Gasteiger charge is -2.30. The number of nitrogens with zero attached hydrogens (tertiary/aromatic N) is 1. The second kappa shape index (κ2) is 7.33. The quantitative estimate of drug-likeness (QED) is 0.510. The summed E-state index contributed by atoms with van der Waals surface area (Å²) in [5, 5.41) is 7.85. The van der Waals surface area contributed by atoms with Crippen molar-refractivity contribution in [3.8, 4) is 0 Å². The van der Waals surface area contributed by atoms with Crippen molar-refractivity contribution in [1.82, 2.24) is 10.7 Å². The molecular formula is C15H20FN3S. The molecule has 1 aromatic carbocycles. The summed E-state index contributed by atoms with van der Waals surface area (Å²) in [5.74, 6) is 0.362. The molecular weight excluding hydrogens is 273 g/mol. The van der Waals surface area contributed by atoms with Crippen LogP contribution in [0.1, 0.15) is 38.2 Å². The van der Waals surface area contributed by atoms with E-state index >= 15 is 0 Å². The number of benzene rings is 1. The lowest BCUT2D eigenvalue weighted by Crippen LogP contribution is -2.44. The molecule has 0 aromatic heterocycles. The van der Waals surface area contributed by atoms with Gasteiger partial charge in [-0.15, -0.1) is 0 Å². The molecule has 0 heterocycles. The lowest BCUT2D eigenvalue weighted by atomic mass is 9.86. The maximum absolute atomic E-state index is 13.0. The van der Waals surface area contributed by atoms with Gasteiger partial charge in [-0.05, 0) is 48.7 Å². The predicted octanol–water partition coefficient (Wildman–Crippen LogP) is 3.20. The molecule has 0 unspecified atom stereocenters. The Morgan fingerprint density at radius 3 is 2.95 bits per heavy atom. The zero-order valence-corrected chi connectivity index (χ0v) is 12.4. The van der Waals surface area contributed by atoms with Crippen LogP contribution in [0, 0.1) is 11.7 Å². The first-order valence-corrected chi connectivity index (χ1v) is 7.41. The van der Waals surface area contributed by atoms with E-state index in [-0.39, 0.29) is 5.82 Å². The SMILES string of the molecule is C[C@H]1CCCC[C@@H]1NC(=S)N/N=C\c1cccc(F)c1. The molecule has 3 nitrogen and oxygen atoms in total. The van der Waals surface area contributed by atoms with Crippen molar-refractivity contribution in [2.75, 3.05) is 0 Å². The van der Waals surface area contributed by atoms with Crippen LogP contribution in [0.5, 0.6) is 0 Å². The molecule has 108 valence electrons. The van der Waals surface area contributed by atoms with Crippen LogP contribution in [0.3, 0.4) is 0 Å². The second-order valence-electron chi connectivity index (χ2n) is 5.27. The molecule has 1 fully saturated rings. The van der Waals surface area contributed by atoms with E-state index in [9.17, 15) is 4.39 Å². The Hall–Kier alpha value is -1.49. The Morgan fingerprint density at radius 2 is 2.20 bits per heavy atom. The summed E-state index contributed by atoms with van der Waals surface area (Å²) in [6.45, 7) is 2.25. The Kier molecular flexibility index (Phi) is 5.47. The van der Waals surface area contributed by atoms with Crippen molar-refractivity contribution in [3.05, 3.63) is 35.6 Å². The maximum atomic E-state index is 13.0. The van der Waals surface area contributed by atoms with Gasteiger partial charge in [-0.25, -0.2) is 4.39 Å². The third-order valence-electron chi connectivity index (χ3n) is 3.66. The molecule has 5 heteroatoms. The van der Waals surface area contributed by atoms with Crippen molar-refractivity contribution in [2.24, 2.45) is 11.0 Å². The Morgan fingerprint density at radius 1 is 1.40 bits per heavy atom. The molecule has 0 radical (unpaired) electrons. The fourth-order valence-electron chi connectivity index (χ4n) is 2.48. The predicted molar refractivity (Wildman–Crippen MR) is 84.3 cm³/mol. The smallest absolute Gasteiger partial charge is 0.187 e. The van der Waals surface area contributed by atoms with Gasteiger partial charge in [0.1, 0.15) is 5.82 Å². The van der Waals surface area contributed by atoms with Gasteiger partial charge in [0.15, 0.2) is 5.11 Å². The van der Waals surface area contributed by atoms with Crippen molar-refractivity contribution in [3.63, 3.8) is 0 Å². The minimum absolute atomic E-state index is 0.273. The monoisotopic (exact) mass is 293 g/mol. The van der Waals surface area contributed by atoms with Crippen LogP contribution in [-0.2, 0) is 0 Å². The molecule has 0 saturated heterocycles. The third kappa shape index (κ3) is 4.56. The highest BCUT2D eigenvalue weighted by Crippen LogP contribution is 2.23. The summed E-state index contributed by atoms with van der Waals surface area (Å²) in [5.41, 5.74) is 3.49. The van der Waals surface area contributed by atoms with Gasteiger partial charge in [0.2, 0.25) is 0 Å². The normalized spacial score (nSPS) is 22.7. The first-order chi connectivity index (χ1) is 9.65. The third-order valence-corrected chi connectivity index (χ3v) is 3.87. The summed E-state index contributed by atoms with van der Waals surface area (Å²) in [4.78, 5) is 0. The lowest BCUT2D eigenvalue weighted by molar-refractivity contribution is 0.308. The zero-order valence-electron chi connectivity index (χ0n) is 11.6. The topological polar surface area (TPSA) is 36.4 Å². The highest BCUT2D eigenvalue weighted by Gasteiger charge is 2.21. The van der Waals surface area contributed by atoms with Crippen molar-refractivity contribution in [2.45, 2.75) is 38.6 Å². The fourth-order valence-corrected chi connectivity index (χ4v) is 2.69. The number of hydrogen-bond donors (Lipinski definition) is 2. The van der Waals surface area contributed by atoms with E-state index in [1.54, 1.807) is 18.3 Å². The first-order valence-electron chi connectivity index (χ1n) is 7.00. The van der Waals surface area contributed by atoms with Gasteiger partial charge in [-0.2, -0.15) is 5.10 Å². The standard InChI is InChI=1S/C15H20FN3S/c1-11-5-2-3-8-14(11)18-15(20)19-17-10-12-6-4-7-13(16)9-12/h4,6-7,9-11,14H,2-3,5,8H2,1H3,(H2,18,19,20)/b17-10-/t11-,14-/m0/s1. The summed E-state index contributed by atoms with van der Waals surface area (Å²) < 4.78 is 13.0. The van der Waals surface area contributed by atoms with Crippen molar-refractivity contribution >= 4 is 23.5 Å². The van der Waals surface area contributed by atoms with Crippen LogP contribution >= 0.6 is 12.2 Å². The molecule has 2 N–H and O–H groups in total. The number of halogens is 1. The highest BCUT2D eigenvalue weighted by atomic mass is 32.1. The van der Waals surface area contributed by atoms with E-state index in [0.29, 0.717) is 22.6 Å². The molecule has 1 aromatic rings. The van der Waals surface area contributed by atoms with Crippen LogP contribution in [0.15, 0.2) is 29.4 Å². The Bertz CT molecular complexity index is 490. The van der Waals surface area contributed by atoms with Gasteiger partial charge in [0.25, 0.3) is 0 Å². The highest BCUT2D eigenvalue weighted by molar-refractivity contribution is 7.80. The molecule has 0 amide bonds. The van der Waals surface area contributed by atoms with Crippen LogP contribution in [0.2, 0.25) is 0 Å². The van der Waals surface area contributed by atoms with Crippen molar-refractivity contribution in [1.29, 1.82) is 0 Å². The maximum Gasteiger partial charge on any atom is 0.187 e. The molecule has 2 atom stereocenters. The van der Waals surface area contributed by atoms with Crippen LogP contribution in [0.25, 0.3) is 0 Å². The van der Waals surface area contributed by atoms with E-state index < -0.39 is 0 Å². The molecule has 0 bridgehead atoms. The summed E-state index contributed by atoms with van der Waals surface area (Å²) in [6, 6.07) is 6.69. The number of hydrogen-bond acceptors (Lipinski definition) is 2. The Labute approximate surface area is 124 Å². The number of thiocarbonyl (C=S) groups is 1. The largest absolute Gasteiger partial charge is 0.358 e. The molecule has 1 aliphatic carbocycles. The number of rotatable bonds is 3. The average Bonchev–Trinajstić information content (AvgIpc) is 2.41. The molecule has 0 aliphatic heterocycles. The minimum atomic E-state index is -0.273. The number of hydrazone groups is 1. The summed E-state index contributed by atoms with van der Waals surface area (Å²) >= 11 is 5.22. The van der Waals surface area contributed by atoms with Crippen LogP contribution in [0.4, 0.5) is 4.39 Å². The van der Waals surface area contributed by atoms with E-state index in [4.69, 9.17) is 12.2 Å². The van der Waals surface area contributed by atoms with Gasteiger partial charge >= 0.3 is 0 Å². The van der Waals surface area contributed by atoms with E-state index in [1.165, 1.54) is 31.4 Å². The van der Waals surface area contributed by atoms with Gasteiger partial charge < -0.3 is 5.32 Å². The first kappa shape index (κ1) is 14.9. The van der Waals surface area contributed by atoms with Gasteiger partial charge in [0, 0.05) is 6.04 Å². The minimum Gasteiger partial charge on any atom is -0.358 e. The van der Waals surface area contributed by atoms with Crippen LogP contribution in [-0.4, -0.2) is 17.4 Å². The molecule has 2 rings (SSSR count). The fraction of sp³-hybridized carbons (Fsp3) is 0.467. The molecule has 1 saturated carbocycles. The second-order valence-corrected chi connectivity index (χ2v) is 5.67. The summed E-state index contributed by atoms with van der Waals surface area (Å²) in [7, 11) is 0. The van der Waals surface area contributed by atoms with Gasteiger partial charge in [-0.3, -0.25) is 5.43 Å². The average molecular weight is 293 g/mol. The number of nitrogens with one attached hydrogen (secondary N) is 2.